The third-order valence-corrected chi connectivity index (χ3v) is 5.55. The van der Waals surface area contributed by atoms with Crippen LogP contribution in [0.4, 0.5) is 0 Å². The first kappa shape index (κ1) is 30.6. The second-order valence-electron chi connectivity index (χ2n) is 8.20. The fourth-order valence-electron chi connectivity index (χ4n) is 3.24. The number of ether oxygens (including phenoxy) is 1. The number of nitrogens with zero attached hydrogens (tertiary/aromatic N) is 1. The summed E-state index contributed by atoms with van der Waals surface area (Å²) in [7, 11) is 0. The highest BCUT2D eigenvalue weighted by Crippen LogP contribution is 2.14. The summed E-state index contributed by atoms with van der Waals surface area (Å²) in [5.41, 5.74) is 1.12. The summed E-state index contributed by atoms with van der Waals surface area (Å²) in [6.07, 6.45) is -13.1. The highest BCUT2D eigenvalue weighted by molar-refractivity contribution is 5.27. The van der Waals surface area contributed by atoms with Crippen LogP contribution < -0.4 is 4.74 Å². The van der Waals surface area contributed by atoms with Crippen molar-refractivity contribution in [3.8, 4) is 5.75 Å². The van der Waals surface area contributed by atoms with Crippen molar-refractivity contribution >= 4 is 0 Å². The second-order valence-corrected chi connectivity index (χ2v) is 8.20. The van der Waals surface area contributed by atoms with Crippen molar-refractivity contribution in [3.05, 3.63) is 29.8 Å². The molecular weight excluding hydrogens is 454 g/mol. The second kappa shape index (κ2) is 15.5. The van der Waals surface area contributed by atoms with Gasteiger partial charge in [0.25, 0.3) is 0 Å². The summed E-state index contributed by atoms with van der Waals surface area (Å²) in [6, 6.07) is 7.35. The summed E-state index contributed by atoms with van der Waals surface area (Å²) in [5.74, 6) is 0.571. The molecule has 198 valence electrons. The molecular formula is C22H39NO11. The molecule has 0 fully saturated rings. The third-order valence-electron chi connectivity index (χ3n) is 5.55. The van der Waals surface area contributed by atoms with Crippen LogP contribution in [0.25, 0.3) is 0 Å². The van der Waals surface area contributed by atoms with E-state index in [2.05, 4.69) is 0 Å². The Bertz CT molecular complexity index is 635. The maximum Gasteiger partial charge on any atom is 0.119 e. The molecule has 0 aromatic heterocycles. The highest BCUT2D eigenvalue weighted by atomic mass is 16.5. The maximum absolute atomic E-state index is 10.3. The number of hydrogen-bond donors (Lipinski definition) is 10. The number of aliphatic hydroxyl groups is 10. The minimum Gasteiger partial charge on any atom is -0.492 e. The van der Waals surface area contributed by atoms with Crippen LogP contribution in [0.2, 0.25) is 0 Å². The van der Waals surface area contributed by atoms with E-state index in [-0.39, 0.29) is 26.2 Å². The minimum atomic E-state index is -1.84. The summed E-state index contributed by atoms with van der Waals surface area (Å²) in [5, 5.41) is 97.3. The van der Waals surface area contributed by atoms with Gasteiger partial charge < -0.3 is 55.8 Å². The Morgan fingerprint density at radius 1 is 0.676 bits per heavy atom. The predicted molar refractivity (Wildman–Crippen MR) is 120 cm³/mol. The van der Waals surface area contributed by atoms with E-state index in [0.717, 1.165) is 12.0 Å². The molecule has 0 saturated carbocycles. The van der Waals surface area contributed by atoms with Gasteiger partial charge in [0.15, 0.2) is 0 Å². The van der Waals surface area contributed by atoms with Crippen molar-refractivity contribution in [1.29, 1.82) is 0 Å². The average molecular weight is 494 g/mol. The van der Waals surface area contributed by atoms with E-state index in [1.54, 1.807) is 12.1 Å². The predicted octanol–water partition coefficient (Wildman–Crippen LogP) is -4.20. The molecule has 0 spiro atoms. The van der Waals surface area contributed by atoms with E-state index in [4.69, 9.17) is 14.9 Å². The number of hydrogen-bond acceptors (Lipinski definition) is 12. The van der Waals surface area contributed by atoms with Crippen LogP contribution in [0, 0.1) is 0 Å². The molecule has 1 aromatic rings. The molecule has 34 heavy (non-hydrogen) atoms. The van der Waals surface area contributed by atoms with Crippen molar-refractivity contribution in [3.63, 3.8) is 0 Å². The molecule has 0 saturated heterocycles. The molecule has 12 nitrogen and oxygen atoms in total. The molecule has 0 aliphatic rings. The Morgan fingerprint density at radius 3 is 1.47 bits per heavy atom. The van der Waals surface area contributed by atoms with Crippen LogP contribution in [0.3, 0.4) is 0 Å². The monoisotopic (exact) mass is 493 g/mol. The Kier molecular flexibility index (Phi) is 14.0. The van der Waals surface area contributed by atoms with Gasteiger partial charge in [-0.2, -0.15) is 0 Å². The quantitative estimate of drug-likeness (QED) is 0.1000. The molecule has 12 heteroatoms. The molecule has 0 heterocycles. The fraction of sp³-hybridized carbons (Fsp3) is 0.727. The third kappa shape index (κ3) is 9.68. The number of rotatable bonds is 17. The SMILES string of the molecule is CCc1ccc(OCCN(C[C@H](O)[C@@H](O)[C@H](O)[C@H](O)CO)C[C@H](O)[C@@H](O)[C@H](O)[C@H](O)CO)cc1. The van der Waals surface area contributed by atoms with Gasteiger partial charge in [-0.15, -0.1) is 0 Å². The number of aliphatic hydroxyl groups excluding tert-OH is 10. The van der Waals surface area contributed by atoms with Crippen molar-refractivity contribution in [2.45, 2.75) is 62.2 Å². The molecule has 0 aliphatic carbocycles. The van der Waals surface area contributed by atoms with E-state index < -0.39 is 62.0 Å². The van der Waals surface area contributed by atoms with Crippen LogP contribution >= 0.6 is 0 Å². The summed E-state index contributed by atoms with van der Waals surface area (Å²) >= 11 is 0. The average Bonchev–Trinajstić information content (AvgIpc) is 2.85. The van der Waals surface area contributed by atoms with E-state index in [0.29, 0.717) is 5.75 Å². The van der Waals surface area contributed by atoms with Gasteiger partial charge in [-0.05, 0) is 24.1 Å². The molecule has 0 bridgehead atoms. The van der Waals surface area contributed by atoms with Crippen LogP contribution in [0.15, 0.2) is 24.3 Å². The molecule has 0 unspecified atom stereocenters. The van der Waals surface area contributed by atoms with Gasteiger partial charge in [-0.1, -0.05) is 19.1 Å². The first-order valence-electron chi connectivity index (χ1n) is 11.2. The zero-order valence-electron chi connectivity index (χ0n) is 19.2. The van der Waals surface area contributed by atoms with Gasteiger partial charge in [-0.25, -0.2) is 0 Å². The largest absolute Gasteiger partial charge is 0.492 e. The molecule has 0 aliphatic heterocycles. The lowest BCUT2D eigenvalue weighted by atomic mass is 10.0. The lowest BCUT2D eigenvalue weighted by Crippen LogP contribution is -2.53. The first-order chi connectivity index (χ1) is 16.0. The van der Waals surface area contributed by atoms with Gasteiger partial charge in [0.2, 0.25) is 0 Å². The van der Waals surface area contributed by atoms with Gasteiger partial charge in [0.05, 0.1) is 25.4 Å². The van der Waals surface area contributed by atoms with Gasteiger partial charge in [0, 0.05) is 19.6 Å². The van der Waals surface area contributed by atoms with Crippen LogP contribution in [0.1, 0.15) is 12.5 Å². The van der Waals surface area contributed by atoms with E-state index in [1.165, 1.54) is 4.90 Å². The molecule has 10 N–H and O–H groups in total. The van der Waals surface area contributed by atoms with Crippen molar-refractivity contribution in [2.24, 2.45) is 0 Å². The van der Waals surface area contributed by atoms with Gasteiger partial charge in [-0.3, -0.25) is 4.90 Å². The maximum atomic E-state index is 10.3. The lowest BCUT2D eigenvalue weighted by Gasteiger charge is -2.33. The van der Waals surface area contributed by atoms with E-state index in [1.807, 2.05) is 19.1 Å². The summed E-state index contributed by atoms with van der Waals surface area (Å²) in [6.45, 7) is -0.222. The molecule has 0 radical (unpaired) electrons. The van der Waals surface area contributed by atoms with Crippen LogP contribution in [-0.2, 0) is 6.42 Å². The topological polar surface area (TPSA) is 215 Å². The molecule has 0 amide bonds. The lowest BCUT2D eigenvalue weighted by molar-refractivity contribution is -0.130. The Balaban J connectivity index is 2.83. The first-order valence-corrected chi connectivity index (χ1v) is 11.2. The van der Waals surface area contributed by atoms with Gasteiger partial charge >= 0.3 is 0 Å². The zero-order chi connectivity index (χ0) is 25.8. The van der Waals surface area contributed by atoms with E-state index >= 15 is 0 Å². The Morgan fingerprint density at radius 2 is 1.09 bits per heavy atom. The fourth-order valence-corrected chi connectivity index (χ4v) is 3.24. The molecule has 1 rings (SSSR count). The number of aryl methyl sites for hydroxylation is 1. The normalized spacial score (nSPS) is 19.2. The highest BCUT2D eigenvalue weighted by Gasteiger charge is 2.34. The van der Waals surface area contributed by atoms with Crippen molar-refractivity contribution in [2.75, 3.05) is 39.5 Å². The van der Waals surface area contributed by atoms with E-state index in [9.17, 15) is 40.9 Å². The van der Waals surface area contributed by atoms with Crippen LogP contribution in [0.5, 0.6) is 5.75 Å². The minimum absolute atomic E-state index is 0.0698. The summed E-state index contributed by atoms with van der Waals surface area (Å²) < 4.78 is 5.65. The molecule has 8 atom stereocenters. The Labute approximate surface area is 198 Å². The van der Waals surface area contributed by atoms with Gasteiger partial charge in [0.1, 0.15) is 49.0 Å². The standard InChI is InChI=1S/C22H39NO11/c1-2-13-3-5-14(6-4-13)34-8-7-23(9-15(26)19(30)21(32)17(28)11-24)10-16(27)20(31)22(33)18(29)12-25/h3-6,15-22,24-33H,2,7-12H2,1H3/t15-,16-,17+,18+,19+,20+,21+,22+/m0/s1. The smallest absolute Gasteiger partial charge is 0.119 e. The number of benzene rings is 1. The van der Waals surface area contributed by atoms with Crippen molar-refractivity contribution in [1.82, 2.24) is 4.90 Å². The summed E-state index contributed by atoms with van der Waals surface area (Å²) in [4.78, 5) is 1.37. The molecule has 1 aromatic carbocycles. The zero-order valence-corrected chi connectivity index (χ0v) is 19.2. The Hall–Kier alpha value is -1.42. The van der Waals surface area contributed by atoms with Crippen LogP contribution in [-0.4, -0.2) is 144 Å². The van der Waals surface area contributed by atoms with Crippen molar-refractivity contribution < 1.29 is 55.8 Å².